The third-order valence-electron chi connectivity index (χ3n) is 6.14. The average Bonchev–Trinajstić information content (AvgIpc) is 3.09. The van der Waals surface area contributed by atoms with Crippen LogP contribution in [0, 0.1) is 11.7 Å². The second-order valence-electron chi connectivity index (χ2n) is 7.74. The van der Waals surface area contributed by atoms with E-state index in [1.165, 1.54) is 10.1 Å². The van der Waals surface area contributed by atoms with E-state index in [4.69, 9.17) is 5.73 Å². The standard InChI is InChI=1S/C20H19F2N3O3S/c21-6-16-25-14-5-15(24-7-9-2-1-3-13(23)11(9)8-24)12(22)4-10(14)18(26)17(20(27)28)19(25)29-16/h2,4-5,11,13,16H,1,3,6-8,23H2,(H,27,28). The predicted octanol–water partition coefficient (Wildman–Crippen LogP) is 2.90. The molecule has 0 saturated carbocycles. The van der Waals surface area contributed by atoms with E-state index in [9.17, 15) is 19.1 Å². The van der Waals surface area contributed by atoms with Gasteiger partial charge < -0.3 is 20.3 Å². The summed E-state index contributed by atoms with van der Waals surface area (Å²) in [4.78, 5) is 26.2. The number of nitrogens with two attached hydrogens (primary N) is 1. The van der Waals surface area contributed by atoms with E-state index in [0.29, 0.717) is 24.3 Å². The van der Waals surface area contributed by atoms with Gasteiger partial charge in [0.05, 0.1) is 16.2 Å². The van der Waals surface area contributed by atoms with Gasteiger partial charge in [-0.2, -0.15) is 0 Å². The summed E-state index contributed by atoms with van der Waals surface area (Å²) in [6.07, 6.45) is 3.98. The molecule has 3 aliphatic rings. The van der Waals surface area contributed by atoms with Crippen LogP contribution in [-0.2, 0) is 0 Å². The molecule has 2 aliphatic heterocycles. The number of carboxylic acids is 1. The summed E-state index contributed by atoms with van der Waals surface area (Å²) in [6, 6.07) is 2.67. The maximum Gasteiger partial charge on any atom is 0.342 e. The number of hydrogen-bond donors (Lipinski definition) is 2. The molecule has 0 bridgehead atoms. The molecule has 3 unspecified atom stereocenters. The molecule has 0 amide bonds. The fourth-order valence-electron chi connectivity index (χ4n) is 4.69. The third-order valence-corrected chi connectivity index (χ3v) is 7.37. The van der Waals surface area contributed by atoms with Crippen LogP contribution in [0.1, 0.15) is 28.6 Å². The highest BCUT2D eigenvalue weighted by Crippen LogP contribution is 2.47. The first kappa shape index (κ1) is 18.6. The summed E-state index contributed by atoms with van der Waals surface area (Å²) >= 11 is 1.02. The van der Waals surface area contributed by atoms with Gasteiger partial charge in [0, 0.05) is 30.4 Å². The van der Waals surface area contributed by atoms with Crippen molar-refractivity contribution in [2.45, 2.75) is 29.3 Å². The Morgan fingerprint density at radius 1 is 1.38 bits per heavy atom. The minimum Gasteiger partial charge on any atom is -0.477 e. The molecular formula is C20H19F2N3O3S. The summed E-state index contributed by atoms with van der Waals surface area (Å²) in [6.45, 7) is 0.433. The molecule has 6 nitrogen and oxygen atoms in total. The van der Waals surface area contributed by atoms with Crippen molar-refractivity contribution in [2.75, 3.05) is 24.7 Å². The molecule has 29 heavy (non-hydrogen) atoms. The minimum atomic E-state index is -1.39. The van der Waals surface area contributed by atoms with Crippen LogP contribution in [0.2, 0.25) is 0 Å². The van der Waals surface area contributed by atoms with Gasteiger partial charge in [-0.1, -0.05) is 17.8 Å². The normalized spacial score (nSPS) is 25.4. The molecule has 152 valence electrons. The fourth-order valence-corrected chi connectivity index (χ4v) is 5.81. The smallest absolute Gasteiger partial charge is 0.342 e. The summed E-state index contributed by atoms with van der Waals surface area (Å²) < 4.78 is 30.0. The number of thioether (sulfide) groups is 1. The maximum atomic E-state index is 15.0. The first-order chi connectivity index (χ1) is 13.9. The number of aromatic carboxylic acids is 1. The lowest BCUT2D eigenvalue weighted by atomic mass is 9.86. The Balaban J connectivity index is 1.67. The molecule has 9 heteroatoms. The molecule has 5 rings (SSSR count). The molecule has 2 aromatic rings. The number of rotatable bonds is 3. The zero-order valence-electron chi connectivity index (χ0n) is 15.4. The summed E-state index contributed by atoms with van der Waals surface area (Å²) in [5.41, 5.74) is 6.95. The van der Waals surface area contributed by atoms with E-state index in [1.54, 1.807) is 6.07 Å². The lowest BCUT2D eigenvalue weighted by Gasteiger charge is -2.33. The van der Waals surface area contributed by atoms with Crippen LogP contribution in [-0.4, -0.2) is 41.4 Å². The van der Waals surface area contributed by atoms with Gasteiger partial charge in [-0.3, -0.25) is 4.79 Å². The lowest BCUT2D eigenvalue weighted by Crippen LogP contribution is -2.34. The molecule has 0 spiro atoms. The molecule has 1 aromatic carbocycles. The van der Waals surface area contributed by atoms with Gasteiger partial charge in [0.2, 0.25) is 5.43 Å². The highest BCUT2D eigenvalue weighted by molar-refractivity contribution is 8.00. The first-order valence-electron chi connectivity index (χ1n) is 9.47. The number of benzene rings is 1. The van der Waals surface area contributed by atoms with Gasteiger partial charge in [-0.15, -0.1) is 0 Å². The highest BCUT2D eigenvalue weighted by atomic mass is 32.2. The van der Waals surface area contributed by atoms with Crippen molar-refractivity contribution in [3.63, 3.8) is 0 Å². The topological polar surface area (TPSA) is 88.6 Å². The lowest BCUT2D eigenvalue weighted by molar-refractivity contribution is 0.0689. The van der Waals surface area contributed by atoms with Crippen molar-refractivity contribution < 1.29 is 18.7 Å². The van der Waals surface area contributed by atoms with Gasteiger partial charge in [0.1, 0.15) is 23.4 Å². The molecule has 3 atom stereocenters. The number of allylic oxidation sites excluding steroid dienone is 1. The van der Waals surface area contributed by atoms with Gasteiger partial charge >= 0.3 is 5.97 Å². The van der Waals surface area contributed by atoms with Gasteiger partial charge in [0.15, 0.2) is 0 Å². The van der Waals surface area contributed by atoms with Crippen LogP contribution in [0.25, 0.3) is 10.9 Å². The number of anilines is 1. The number of fused-ring (bicyclic) bond motifs is 4. The van der Waals surface area contributed by atoms with Crippen LogP contribution in [0.3, 0.4) is 0 Å². The Hall–Kier alpha value is -2.39. The molecule has 3 N–H and O–H groups in total. The zero-order chi connectivity index (χ0) is 20.4. The number of aromatic nitrogens is 1. The quantitative estimate of drug-likeness (QED) is 0.744. The molecule has 1 aliphatic carbocycles. The Kier molecular flexibility index (Phi) is 4.22. The van der Waals surface area contributed by atoms with Crippen LogP contribution >= 0.6 is 11.8 Å². The van der Waals surface area contributed by atoms with Crippen molar-refractivity contribution in [1.29, 1.82) is 0 Å². The minimum absolute atomic E-state index is 0.0395. The number of alkyl halides is 1. The van der Waals surface area contributed by atoms with Crippen LogP contribution < -0.4 is 16.1 Å². The highest BCUT2D eigenvalue weighted by Gasteiger charge is 2.37. The molecule has 0 radical (unpaired) electrons. The van der Waals surface area contributed by atoms with Crippen LogP contribution in [0.15, 0.2) is 33.6 Å². The van der Waals surface area contributed by atoms with Crippen molar-refractivity contribution in [1.82, 2.24) is 4.57 Å². The Labute approximate surface area is 169 Å². The molecular weight excluding hydrogens is 400 g/mol. The van der Waals surface area contributed by atoms with E-state index in [-0.39, 0.29) is 22.4 Å². The maximum absolute atomic E-state index is 15.0. The van der Waals surface area contributed by atoms with Gasteiger partial charge in [-0.05, 0) is 30.5 Å². The number of carbonyl (C=O) groups is 1. The van der Waals surface area contributed by atoms with Crippen LogP contribution in [0.4, 0.5) is 14.5 Å². The number of carboxylic acid groups (broad SMARTS) is 1. The third kappa shape index (κ3) is 2.63. The molecule has 1 aromatic heterocycles. The Morgan fingerprint density at radius 2 is 2.17 bits per heavy atom. The monoisotopic (exact) mass is 419 g/mol. The second kappa shape index (κ2) is 6.56. The number of hydrogen-bond acceptors (Lipinski definition) is 5. The van der Waals surface area contributed by atoms with E-state index < -0.39 is 34.8 Å². The average molecular weight is 419 g/mol. The molecule has 3 heterocycles. The SMILES string of the molecule is NC1CCC=C2CN(c3cc4c(cc3F)c(=O)c(C(=O)O)c3n4C(CF)S3)CC21. The van der Waals surface area contributed by atoms with E-state index >= 15 is 4.39 Å². The molecule has 1 fully saturated rings. The Bertz CT molecular complexity index is 1150. The van der Waals surface area contributed by atoms with Crippen LogP contribution in [0.5, 0.6) is 0 Å². The van der Waals surface area contributed by atoms with Crippen molar-refractivity contribution in [3.05, 3.63) is 45.4 Å². The fraction of sp³-hybridized carbons (Fsp3) is 0.400. The predicted molar refractivity (Wildman–Crippen MR) is 107 cm³/mol. The van der Waals surface area contributed by atoms with Crippen molar-refractivity contribution >= 4 is 34.3 Å². The zero-order valence-corrected chi connectivity index (χ0v) is 16.2. The summed E-state index contributed by atoms with van der Waals surface area (Å²) in [7, 11) is 0. The van der Waals surface area contributed by atoms with E-state index in [0.717, 1.165) is 30.7 Å². The van der Waals surface area contributed by atoms with Gasteiger partial charge in [-0.25, -0.2) is 13.6 Å². The number of nitrogens with zero attached hydrogens (tertiary/aromatic N) is 2. The number of pyridine rings is 1. The van der Waals surface area contributed by atoms with E-state index in [2.05, 4.69) is 6.08 Å². The number of halogens is 2. The van der Waals surface area contributed by atoms with Crippen molar-refractivity contribution in [2.24, 2.45) is 11.7 Å². The summed E-state index contributed by atoms with van der Waals surface area (Å²) in [5.74, 6) is -1.81. The molecule has 1 saturated heterocycles. The largest absolute Gasteiger partial charge is 0.477 e. The first-order valence-corrected chi connectivity index (χ1v) is 10.4. The summed E-state index contributed by atoms with van der Waals surface area (Å²) in [5, 5.41) is 8.97. The van der Waals surface area contributed by atoms with Crippen molar-refractivity contribution in [3.8, 4) is 0 Å². The van der Waals surface area contributed by atoms with Gasteiger partial charge in [0.25, 0.3) is 0 Å². The Morgan fingerprint density at radius 3 is 2.86 bits per heavy atom. The van der Waals surface area contributed by atoms with E-state index in [1.807, 2.05) is 4.90 Å². The second-order valence-corrected chi connectivity index (χ2v) is 8.91.